The molecule has 206 valence electrons. The number of fused-ring (bicyclic) bond motifs is 2. The molecule has 7 rings (SSSR count). The Kier molecular flexibility index (Phi) is 6.39. The highest BCUT2D eigenvalue weighted by molar-refractivity contribution is 5.84. The lowest BCUT2D eigenvalue weighted by molar-refractivity contribution is 0.0846. The summed E-state index contributed by atoms with van der Waals surface area (Å²) in [5, 5.41) is 6.47. The first-order valence-corrected chi connectivity index (χ1v) is 14.5. The van der Waals surface area contributed by atoms with Crippen molar-refractivity contribution in [2.45, 2.75) is 90.3 Å². The zero-order chi connectivity index (χ0) is 26.5. The summed E-state index contributed by atoms with van der Waals surface area (Å²) in [7, 11) is 0. The Hall–Kier alpha value is -3.24. The van der Waals surface area contributed by atoms with Crippen LogP contribution in [0.4, 0.5) is 10.6 Å². The van der Waals surface area contributed by atoms with Gasteiger partial charge in [-0.2, -0.15) is 0 Å². The van der Waals surface area contributed by atoms with Crippen LogP contribution in [0.1, 0.15) is 93.8 Å². The average Bonchev–Trinajstić information content (AvgIpc) is 3.61. The third kappa shape index (κ3) is 4.63. The topological polar surface area (TPSA) is 115 Å². The summed E-state index contributed by atoms with van der Waals surface area (Å²) in [6, 6.07) is 8.66. The Balaban J connectivity index is 1.36. The number of amides is 1. The molecule has 3 fully saturated rings. The largest absolute Gasteiger partial charge is 0.427 e. The maximum absolute atomic E-state index is 11.8. The Bertz CT molecular complexity index is 1380. The van der Waals surface area contributed by atoms with Gasteiger partial charge in [0.15, 0.2) is 23.5 Å². The van der Waals surface area contributed by atoms with Crippen molar-refractivity contribution >= 4 is 23.1 Å². The molecule has 4 heterocycles. The highest BCUT2D eigenvalue weighted by Gasteiger charge is 2.35. The van der Waals surface area contributed by atoms with Crippen molar-refractivity contribution in [2.75, 3.05) is 5.32 Å². The number of hydrogen-bond acceptors (Lipinski definition) is 8. The molecule has 1 saturated heterocycles. The summed E-state index contributed by atoms with van der Waals surface area (Å²) >= 11 is 0. The monoisotopic (exact) mass is 531 g/mol. The van der Waals surface area contributed by atoms with Gasteiger partial charge in [0.2, 0.25) is 0 Å². The minimum Gasteiger partial charge on any atom is -0.365 e. The van der Waals surface area contributed by atoms with Gasteiger partial charge < -0.3 is 19.5 Å². The summed E-state index contributed by atoms with van der Waals surface area (Å²) < 4.78 is 8.71. The van der Waals surface area contributed by atoms with Gasteiger partial charge in [-0.15, -0.1) is 5.48 Å². The molecule has 10 heteroatoms. The molecule has 1 aromatic carbocycles. The van der Waals surface area contributed by atoms with Crippen molar-refractivity contribution in [3.05, 3.63) is 47.0 Å². The molecule has 2 aromatic heterocycles. The van der Waals surface area contributed by atoms with Crippen molar-refractivity contribution in [3.8, 4) is 0 Å². The van der Waals surface area contributed by atoms with Crippen LogP contribution in [0.2, 0.25) is 0 Å². The number of rotatable bonds is 7. The predicted octanol–water partition coefficient (Wildman–Crippen LogP) is 5.12. The molecule has 1 amide bonds. The number of nitrogens with one attached hydrogen (secondary N) is 3. The molecule has 4 aliphatic rings. The number of hydrogen-bond donors (Lipinski definition) is 3. The molecule has 3 atom stereocenters. The highest BCUT2D eigenvalue weighted by atomic mass is 16.7. The molecule has 2 unspecified atom stereocenters. The SMILES string of the molecule is CC1CCC(Cn2c(C3OCc4ccccc43)nc3nc(C4NOC(=O)N4)nc(N[C@H](C)C4CCC4)c32)CC1. The van der Waals surface area contributed by atoms with Crippen molar-refractivity contribution in [2.24, 2.45) is 17.8 Å². The molecule has 3 aromatic rings. The number of nitrogens with zero attached hydrogens (tertiary/aromatic N) is 4. The van der Waals surface area contributed by atoms with Gasteiger partial charge in [-0.05, 0) is 61.5 Å². The number of ether oxygens (including phenoxy) is 1. The molecular formula is C29H37N7O3. The van der Waals surface area contributed by atoms with Crippen LogP contribution in [0.3, 0.4) is 0 Å². The number of aromatic nitrogens is 4. The van der Waals surface area contributed by atoms with Gasteiger partial charge in [-0.1, -0.05) is 50.5 Å². The van der Waals surface area contributed by atoms with Gasteiger partial charge in [0.25, 0.3) is 0 Å². The second kappa shape index (κ2) is 10.1. The molecule has 3 N–H and O–H groups in total. The fraction of sp³-hybridized carbons (Fsp3) is 0.586. The molecule has 2 aliphatic carbocycles. The molecule has 0 bridgehead atoms. The summed E-state index contributed by atoms with van der Waals surface area (Å²) in [5.41, 5.74) is 6.59. The lowest BCUT2D eigenvalue weighted by atomic mass is 9.80. The van der Waals surface area contributed by atoms with Crippen molar-refractivity contribution in [3.63, 3.8) is 0 Å². The Morgan fingerprint density at radius 2 is 1.92 bits per heavy atom. The number of imidazole rings is 1. The van der Waals surface area contributed by atoms with E-state index in [1.165, 1.54) is 50.5 Å². The van der Waals surface area contributed by atoms with Gasteiger partial charge in [0.1, 0.15) is 17.4 Å². The summed E-state index contributed by atoms with van der Waals surface area (Å²) in [6.07, 6.45) is 7.20. The molecule has 2 aliphatic heterocycles. The molecule has 39 heavy (non-hydrogen) atoms. The first kappa shape index (κ1) is 24.8. The standard InChI is InChI=1S/C29H37N7O3/c1-16-10-12-18(13-11-16)14-36-22-24(30-17(2)19-7-5-8-19)31-26(27-34-29(37)39-35-27)32-25(22)33-28(36)23-21-9-4-3-6-20(21)15-38-23/h3-4,6,9,16-19,23,27,35H,5,7-8,10-15H2,1-2H3,(H,34,37)(H,30,31,32)/t16?,17-,18?,23?,27?/m1/s1. The summed E-state index contributed by atoms with van der Waals surface area (Å²) in [4.78, 5) is 31.7. The molecular weight excluding hydrogens is 494 g/mol. The number of carbonyl (C=O) groups is 1. The lowest BCUT2D eigenvalue weighted by Crippen LogP contribution is -2.32. The van der Waals surface area contributed by atoms with Crippen LogP contribution in [0, 0.1) is 17.8 Å². The fourth-order valence-corrected chi connectivity index (χ4v) is 6.53. The van der Waals surface area contributed by atoms with Crippen molar-refractivity contribution in [1.82, 2.24) is 30.3 Å². The summed E-state index contributed by atoms with van der Waals surface area (Å²) in [5.74, 6) is 4.02. The van der Waals surface area contributed by atoms with E-state index in [1.807, 2.05) is 0 Å². The van der Waals surface area contributed by atoms with Gasteiger partial charge in [-0.3, -0.25) is 5.32 Å². The molecule has 2 saturated carbocycles. The van der Waals surface area contributed by atoms with Crippen molar-refractivity contribution in [1.29, 1.82) is 0 Å². The molecule has 10 nitrogen and oxygen atoms in total. The smallest absolute Gasteiger partial charge is 0.365 e. The molecule has 0 radical (unpaired) electrons. The number of benzene rings is 1. The van der Waals surface area contributed by atoms with Crippen LogP contribution >= 0.6 is 0 Å². The van der Waals surface area contributed by atoms with Crippen LogP contribution < -0.4 is 16.1 Å². The second-order valence-electron chi connectivity index (χ2n) is 11.9. The number of carbonyl (C=O) groups excluding carboxylic acids is 1. The minimum absolute atomic E-state index is 0.258. The Morgan fingerprint density at radius 3 is 2.67 bits per heavy atom. The van der Waals surface area contributed by atoms with Crippen LogP contribution in [0.15, 0.2) is 24.3 Å². The van der Waals surface area contributed by atoms with Crippen LogP contribution in [0.25, 0.3) is 11.2 Å². The average molecular weight is 532 g/mol. The normalized spacial score (nSPS) is 27.6. The Morgan fingerprint density at radius 1 is 1.10 bits per heavy atom. The van der Waals surface area contributed by atoms with Crippen LogP contribution in [-0.2, 0) is 22.7 Å². The highest BCUT2D eigenvalue weighted by Crippen LogP contribution is 2.40. The van der Waals surface area contributed by atoms with Crippen molar-refractivity contribution < 1.29 is 14.4 Å². The zero-order valence-electron chi connectivity index (χ0n) is 22.7. The van der Waals surface area contributed by atoms with E-state index in [2.05, 4.69) is 58.8 Å². The maximum atomic E-state index is 11.8. The van der Waals surface area contributed by atoms with Gasteiger partial charge >= 0.3 is 6.09 Å². The van der Waals surface area contributed by atoms with Gasteiger partial charge in [0, 0.05) is 12.6 Å². The third-order valence-electron chi connectivity index (χ3n) is 9.21. The van der Waals surface area contributed by atoms with Gasteiger partial charge in [-0.25, -0.2) is 19.7 Å². The predicted molar refractivity (Wildman–Crippen MR) is 145 cm³/mol. The fourth-order valence-electron chi connectivity index (χ4n) is 6.53. The van der Waals surface area contributed by atoms with E-state index >= 15 is 0 Å². The second-order valence-corrected chi connectivity index (χ2v) is 11.9. The van der Waals surface area contributed by atoms with E-state index in [0.717, 1.165) is 35.2 Å². The Labute approximate surface area is 228 Å². The van der Waals surface area contributed by atoms with E-state index in [9.17, 15) is 4.79 Å². The van der Waals surface area contributed by atoms with E-state index in [4.69, 9.17) is 24.5 Å². The summed E-state index contributed by atoms with van der Waals surface area (Å²) in [6.45, 7) is 6.02. The zero-order valence-corrected chi connectivity index (χ0v) is 22.7. The first-order valence-electron chi connectivity index (χ1n) is 14.5. The number of hydroxylamine groups is 1. The van der Waals surface area contributed by atoms with Crippen LogP contribution in [0.5, 0.6) is 0 Å². The third-order valence-corrected chi connectivity index (χ3v) is 9.21. The quantitative estimate of drug-likeness (QED) is 0.385. The van der Waals surface area contributed by atoms with E-state index in [1.54, 1.807) is 0 Å². The van der Waals surface area contributed by atoms with E-state index in [0.29, 0.717) is 29.9 Å². The van der Waals surface area contributed by atoms with E-state index in [-0.39, 0.29) is 12.1 Å². The minimum atomic E-state index is -0.640. The molecule has 0 spiro atoms. The number of anilines is 1. The maximum Gasteiger partial charge on any atom is 0.427 e. The van der Waals surface area contributed by atoms with E-state index < -0.39 is 12.3 Å². The van der Waals surface area contributed by atoms with Crippen LogP contribution in [-0.4, -0.2) is 31.7 Å². The first-order chi connectivity index (χ1) is 19.0. The lowest BCUT2D eigenvalue weighted by Gasteiger charge is -2.32. The van der Waals surface area contributed by atoms with Gasteiger partial charge in [0.05, 0.1) is 6.61 Å².